The Kier molecular flexibility index (Phi) is 3.12. The summed E-state index contributed by atoms with van der Waals surface area (Å²) in [5.41, 5.74) is 0. The van der Waals surface area contributed by atoms with Gasteiger partial charge in [0, 0.05) is 0 Å². The number of aliphatic hydroxyl groups is 2. The molecule has 2 aliphatic rings. The van der Waals surface area contributed by atoms with Gasteiger partial charge in [0.1, 0.15) is 0 Å². The standard InChI is InChI=1S/C9H15O5Se/c1-9(2)12-3-4-7(14-9)5(10)6(11)8(15)13-4/h4-8,10-11H,3H2,1-2H3. The Bertz CT molecular complexity index is 245. The molecule has 6 heteroatoms. The third kappa shape index (κ3) is 2.22. The zero-order valence-electron chi connectivity index (χ0n) is 8.62. The summed E-state index contributed by atoms with van der Waals surface area (Å²) in [7, 11) is 0. The minimum atomic E-state index is -0.958. The molecule has 87 valence electrons. The minimum absolute atomic E-state index is 0.331. The molecule has 2 N–H and O–H groups in total. The van der Waals surface area contributed by atoms with Crippen molar-refractivity contribution in [3.63, 3.8) is 0 Å². The molecule has 0 aliphatic carbocycles. The molecule has 2 heterocycles. The second kappa shape index (κ2) is 3.96. The van der Waals surface area contributed by atoms with Crippen LogP contribution >= 0.6 is 0 Å². The molecule has 2 saturated heterocycles. The van der Waals surface area contributed by atoms with E-state index in [9.17, 15) is 10.2 Å². The van der Waals surface area contributed by atoms with E-state index >= 15 is 0 Å². The molecule has 0 saturated carbocycles. The van der Waals surface area contributed by atoms with Gasteiger partial charge in [0.15, 0.2) is 0 Å². The average Bonchev–Trinajstić information content (AvgIpc) is 2.16. The van der Waals surface area contributed by atoms with Crippen LogP contribution < -0.4 is 0 Å². The molecule has 0 aromatic heterocycles. The number of ether oxygens (including phenoxy) is 3. The molecule has 0 bridgehead atoms. The van der Waals surface area contributed by atoms with E-state index in [4.69, 9.17) is 14.2 Å². The number of rotatable bonds is 0. The molecule has 2 aliphatic heterocycles. The summed E-state index contributed by atoms with van der Waals surface area (Å²) in [5, 5.41) is 19.0. The van der Waals surface area contributed by atoms with Crippen molar-refractivity contribution in [1.82, 2.24) is 0 Å². The van der Waals surface area contributed by atoms with E-state index in [1.54, 1.807) is 13.8 Å². The van der Waals surface area contributed by atoms with Gasteiger partial charge in [-0.1, -0.05) is 0 Å². The topological polar surface area (TPSA) is 68.2 Å². The summed E-state index contributed by atoms with van der Waals surface area (Å²) in [6.45, 7) is 3.90. The molecule has 0 spiro atoms. The molecule has 1 radical (unpaired) electrons. The number of fused-ring (bicyclic) bond motifs is 1. The zero-order valence-corrected chi connectivity index (χ0v) is 10.3. The van der Waals surface area contributed by atoms with Crippen LogP contribution in [0.4, 0.5) is 0 Å². The van der Waals surface area contributed by atoms with Crippen molar-refractivity contribution >= 4 is 16.0 Å². The van der Waals surface area contributed by atoms with Crippen molar-refractivity contribution in [2.75, 3.05) is 6.61 Å². The van der Waals surface area contributed by atoms with E-state index in [2.05, 4.69) is 16.0 Å². The first-order chi connectivity index (χ1) is 6.91. The molecule has 15 heavy (non-hydrogen) atoms. The van der Waals surface area contributed by atoms with Gasteiger partial charge in [-0.2, -0.15) is 0 Å². The summed E-state index contributed by atoms with van der Waals surface area (Å²) < 4.78 is 16.4. The monoisotopic (exact) mass is 283 g/mol. The molecule has 2 rings (SSSR count). The fourth-order valence-electron chi connectivity index (χ4n) is 1.83. The van der Waals surface area contributed by atoms with Gasteiger partial charge in [-0.3, -0.25) is 0 Å². The molecule has 5 nitrogen and oxygen atoms in total. The van der Waals surface area contributed by atoms with E-state index < -0.39 is 29.1 Å². The summed E-state index contributed by atoms with van der Waals surface area (Å²) in [6, 6.07) is 0. The van der Waals surface area contributed by atoms with E-state index in [0.29, 0.717) is 6.61 Å². The molecule has 0 amide bonds. The maximum atomic E-state index is 9.84. The summed E-state index contributed by atoms with van der Waals surface area (Å²) in [5.74, 6) is -0.741. The first-order valence-electron chi connectivity index (χ1n) is 4.90. The Balaban J connectivity index is 2.12. The second-order valence-corrected chi connectivity index (χ2v) is 5.29. The van der Waals surface area contributed by atoms with E-state index in [0.717, 1.165) is 0 Å². The van der Waals surface area contributed by atoms with Crippen molar-refractivity contribution in [2.24, 2.45) is 0 Å². The normalized spacial score (nSPS) is 49.8. The van der Waals surface area contributed by atoms with Crippen molar-refractivity contribution in [3.8, 4) is 0 Å². The summed E-state index contributed by atoms with van der Waals surface area (Å²) in [6.07, 6.45) is -2.77. The Hall–Kier alpha value is 0.319. The van der Waals surface area contributed by atoms with Crippen LogP contribution in [-0.4, -0.2) is 68.0 Å². The van der Waals surface area contributed by atoms with Gasteiger partial charge in [-0.05, 0) is 0 Å². The van der Waals surface area contributed by atoms with Gasteiger partial charge in [0.25, 0.3) is 0 Å². The van der Waals surface area contributed by atoms with Crippen LogP contribution in [0.25, 0.3) is 0 Å². The number of aliphatic hydroxyl groups excluding tert-OH is 2. The van der Waals surface area contributed by atoms with Gasteiger partial charge < -0.3 is 0 Å². The Labute approximate surface area is 96.5 Å². The Morgan fingerprint density at radius 2 is 1.93 bits per heavy atom. The summed E-state index contributed by atoms with van der Waals surface area (Å²) in [4.78, 5) is 0. The molecule has 5 atom stereocenters. The maximum absolute atomic E-state index is 9.84. The van der Waals surface area contributed by atoms with E-state index in [1.165, 1.54) is 0 Å². The van der Waals surface area contributed by atoms with Gasteiger partial charge in [-0.15, -0.1) is 0 Å². The SMILES string of the molecule is CC1(C)OCC2OC([Se])C(O)C(O)C2O1. The van der Waals surface area contributed by atoms with Crippen LogP contribution in [0.15, 0.2) is 0 Å². The van der Waals surface area contributed by atoms with Crippen LogP contribution in [0.3, 0.4) is 0 Å². The first-order valence-corrected chi connectivity index (χ1v) is 5.89. The van der Waals surface area contributed by atoms with Crippen LogP contribution in [0.2, 0.25) is 0 Å². The molecule has 5 unspecified atom stereocenters. The van der Waals surface area contributed by atoms with Crippen molar-refractivity contribution in [2.45, 2.75) is 49.1 Å². The second-order valence-electron chi connectivity index (χ2n) is 4.32. The predicted octanol–water partition coefficient (Wildman–Crippen LogP) is -1.25. The molecule has 2 fully saturated rings. The third-order valence-corrected chi connectivity index (χ3v) is 3.47. The van der Waals surface area contributed by atoms with Gasteiger partial charge >= 0.3 is 96.1 Å². The van der Waals surface area contributed by atoms with E-state index in [-0.39, 0.29) is 6.10 Å². The van der Waals surface area contributed by atoms with Crippen molar-refractivity contribution < 1.29 is 24.4 Å². The van der Waals surface area contributed by atoms with Gasteiger partial charge in [-0.25, -0.2) is 0 Å². The fraction of sp³-hybridized carbons (Fsp3) is 1.00. The Morgan fingerprint density at radius 3 is 2.60 bits per heavy atom. The summed E-state index contributed by atoms with van der Waals surface area (Å²) >= 11 is 2.67. The molecular formula is C9H15O5Se. The van der Waals surface area contributed by atoms with Crippen LogP contribution in [0.5, 0.6) is 0 Å². The van der Waals surface area contributed by atoms with Gasteiger partial charge in [0.2, 0.25) is 0 Å². The Morgan fingerprint density at radius 1 is 1.27 bits per heavy atom. The fourth-order valence-corrected chi connectivity index (χ4v) is 2.47. The third-order valence-electron chi connectivity index (χ3n) is 2.66. The predicted molar refractivity (Wildman–Crippen MR) is 51.3 cm³/mol. The average molecular weight is 282 g/mol. The van der Waals surface area contributed by atoms with Crippen LogP contribution in [0, 0.1) is 0 Å². The number of hydrogen-bond donors (Lipinski definition) is 2. The van der Waals surface area contributed by atoms with Gasteiger partial charge in [0.05, 0.1) is 0 Å². The first kappa shape index (κ1) is 11.8. The van der Waals surface area contributed by atoms with Crippen molar-refractivity contribution in [1.29, 1.82) is 0 Å². The molecule has 0 aromatic carbocycles. The van der Waals surface area contributed by atoms with E-state index in [1.807, 2.05) is 0 Å². The quantitative estimate of drug-likeness (QED) is 0.544. The van der Waals surface area contributed by atoms with Crippen LogP contribution in [-0.2, 0) is 14.2 Å². The molecular weight excluding hydrogens is 267 g/mol. The van der Waals surface area contributed by atoms with Crippen molar-refractivity contribution in [3.05, 3.63) is 0 Å². The molecule has 0 aromatic rings. The zero-order chi connectivity index (χ0) is 11.2. The van der Waals surface area contributed by atoms with Crippen LogP contribution in [0.1, 0.15) is 13.8 Å². The number of hydrogen-bond acceptors (Lipinski definition) is 5.